The van der Waals surface area contributed by atoms with Crippen molar-refractivity contribution in [1.82, 2.24) is 24.7 Å². The van der Waals surface area contributed by atoms with E-state index in [0.29, 0.717) is 24.8 Å². The summed E-state index contributed by atoms with van der Waals surface area (Å²) in [5, 5.41) is 8.31. The van der Waals surface area contributed by atoms with Gasteiger partial charge in [-0.05, 0) is 45.9 Å². The zero-order chi connectivity index (χ0) is 22.7. The summed E-state index contributed by atoms with van der Waals surface area (Å²) >= 11 is 0. The Labute approximate surface area is 187 Å². The van der Waals surface area contributed by atoms with E-state index in [9.17, 15) is 0 Å². The summed E-state index contributed by atoms with van der Waals surface area (Å²) < 4.78 is 13.1. The highest BCUT2D eigenvalue weighted by atomic mass is 16.5. The standard InChI is InChI=1S/C24H28N6O2/c1-6-32-21-14-25-11-10-18(21)19-12-20(26-13-17-8-7-9-22(27-17)31-5)24-23(28-19)16(4)29-30(24)15(2)3/h7-12,14-15H,6,13H2,1-5H3,(H,26,28). The average molecular weight is 433 g/mol. The number of aryl methyl sites for hydroxylation is 1. The van der Waals surface area contributed by atoms with Crippen molar-refractivity contribution >= 4 is 16.7 Å². The zero-order valence-electron chi connectivity index (χ0n) is 19.1. The molecule has 0 saturated carbocycles. The van der Waals surface area contributed by atoms with Crippen molar-refractivity contribution in [2.24, 2.45) is 0 Å². The van der Waals surface area contributed by atoms with Crippen LogP contribution < -0.4 is 14.8 Å². The van der Waals surface area contributed by atoms with E-state index in [4.69, 9.17) is 19.6 Å². The molecular weight excluding hydrogens is 404 g/mol. The first-order valence-electron chi connectivity index (χ1n) is 10.7. The Morgan fingerprint density at radius 2 is 2.00 bits per heavy atom. The molecule has 0 aliphatic rings. The Balaban J connectivity index is 1.83. The van der Waals surface area contributed by atoms with Gasteiger partial charge in [0.1, 0.15) is 16.8 Å². The minimum absolute atomic E-state index is 0.189. The maximum atomic E-state index is 5.80. The van der Waals surface area contributed by atoms with Crippen LogP contribution in [0.25, 0.3) is 22.3 Å². The number of aromatic nitrogens is 5. The van der Waals surface area contributed by atoms with Gasteiger partial charge in [-0.1, -0.05) is 6.07 Å². The topological polar surface area (TPSA) is 87.0 Å². The third-order valence-electron chi connectivity index (χ3n) is 5.12. The van der Waals surface area contributed by atoms with Crippen LogP contribution in [0, 0.1) is 6.92 Å². The number of nitrogens with one attached hydrogen (secondary N) is 1. The normalized spacial score (nSPS) is 11.2. The van der Waals surface area contributed by atoms with Crippen LogP contribution in [0.3, 0.4) is 0 Å². The van der Waals surface area contributed by atoms with Gasteiger partial charge in [0.25, 0.3) is 0 Å². The van der Waals surface area contributed by atoms with Crippen molar-refractivity contribution in [2.45, 2.75) is 40.3 Å². The molecule has 0 amide bonds. The fourth-order valence-corrected chi connectivity index (χ4v) is 3.65. The molecule has 0 fully saturated rings. The van der Waals surface area contributed by atoms with Gasteiger partial charge < -0.3 is 14.8 Å². The van der Waals surface area contributed by atoms with Crippen molar-refractivity contribution in [1.29, 1.82) is 0 Å². The number of hydrogen-bond acceptors (Lipinski definition) is 7. The van der Waals surface area contributed by atoms with Gasteiger partial charge in [-0.15, -0.1) is 0 Å². The van der Waals surface area contributed by atoms with Crippen molar-refractivity contribution < 1.29 is 9.47 Å². The Morgan fingerprint density at radius 3 is 2.75 bits per heavy atom. The summed E-state index contributed by atoms with van der Waals surface area (Å²) in [6.07, 6.45) is 3.48. The Hall–Kier alpha value is -3.68. The van der Waals surface area contributed by atoms with Crippen LogP contribution in [-0.4, -0.2) is 38.4 Å². The number of anilines is 1. The van der Waals surface area contributed by atoms with Crippen LogP contribution in [0.15, 0.2) is 42.7 Å². The van der Waals surface area contributed by atoms with Crippen molar-refractivity contribution in [3.8, 4) is 22.9 Å². The van der Waals surface area contributed by atoms with Gasteiger partial charge in [-0.3, -0.25) is 9.67 Å². The molecule has 8 nitrogen and oxygen atoms in total. The largest absolute Gasteiger partial charge is 0.492 e. The molecule has 0 saturated heterocycles. The van der Waals surface area contributed by atoms with Crippen LogP contribution >= 0.6 is 0 Å². The Kier molecular flexibility index (Phi) is 6.20. The Morgan fingerprint density at radius 1 is 1.16 bits per heavy atom. The van der Waals surface area contributed by atoms with Crippen molar-refractivity contribution in [3.05, 3.63) is 54.1 Å². The number of rotatable bonds is 8. The molecule has 4 aromatic heterocycles. The highest BCUT2D eigenvalue weighted by Gasteiger charge is 2.19. The lowest BCUT2D eigenvalue weighted by atomic mass is 10.1. The lowest BCUT2D eigenvalue weighted by Gasteiger charge is -2.15. The minimum atomic E-state index is 0.189. The van der Waals surface area contributed by atoms with Gasteiger partial charge in [0.2, 0.25) is 5.88 Å². The number of nitrogens with zero attached hydrogens (tertiary/aromatic N) is 5. The van der Waals surface area contributed by atoms with Crippen LogP contribution in [0.5, 0.6) is 11.6 Å². The molecule has 166 valence electrons. The monoisotopic (exact) mass is 432 g/mol. The lowest BCUT2D eigenvalue weighted by molar-refractivity contribution is 0.340. The third-order valence-corrected chi connectivity index (χ3v) is 5.12. The summed E-state index contributed by atoms with van der Waals surface area (Å²) in [6, 6.07) is 9.89. The third kappa shape index (κ3) is 4.21. The molecule has 0 aromatic carbocycles. The van der Waals surface area contributed by atoms with E-state index >= 15 is 0 Å². The second-order valence-electron chi connectivity index (χ2n) is 7.71. The minimum Gasteiger partial charge on any atom is -0.492 e. The van der Waals surface area contributed by atoms with E-state index in [1.54, 1.807) is 19.5 Å². The zero-order valence-corrected chi connectivity index (χ0v) is 19.1. The Bertz CT molecular complexity index is 1230. The molecule has 0 radical (unpaired) electrons. The van der Waals surface area contributed by atoms with E-state index < -0.39 is 0 Å². The van der Waals surface area contributed by atoms with Gasteiger partial charge in [0.15, 0.2) is 0 Å². The predicted octanol–water partition coefficient (Wildman–Crippen LogP) is 4.80. The SMILES string of the molecule is CCOc1cnccc1-c1cc(NCc2cccc(OC)n2)c2c(n1)c(C)nn2C(C)C. The summed E-state index contributed by atoms with van der Waals surface area (Å²) in [4.78, 5) is 13.7. The summed E-state index contributed by atoms with van der Waals surface area (Å²) in [7, 11) is 1.62. The molecule has 0 bridgehead atoms. The number of methoxy groups -OCH3 is 1. The van der Waals surface area contributed by atoms with Crippen LogP contribution in [-0.2, 0) is 6.54 Å². The van der Waals surface area contributed by atoms with Gasteiger partial charge in [0, 0.05) is 23.9 Å². The summed E-state index contributed by atoms with van der Waals surface area (Å²) in [6.45, 7) is 9.26. The first-order valence-corrected chi connectivity index (χ1v) is 10.7. The van der Waals surface area contributed by atoms with Crippen molar-refractivity contribution in [2.75, 3.05) is 19.0 Å². The molecule has 1 N–H and O–H groups in total. The van der Waals surface area contributed by atoms with E-state index in [1.165, 1.54) is 0 Å². The van der Waals surface area contributed by atoms with Crippen LogP contribution in [0.2, 0.25) is 0 Å². The highest BCUT2D eigenvalue weighted by Crippen LogP contribution is 2.35. The molecule has 4 aromatic rings. The van der Waals surface area contributed by atoms with E-state index in [1.807, 2.05) is 48.9 Å². The van der Waals surface area contributed by atoms with E-state index in [0.717, 1.165) is 39.4 Å². The second-order valence-corrected chi connectivity index (χ2v) is 7.71. The number of pyridine rings is 3. The molecule has 0 unspecified atom stereocenters. The van der Waals surface area contributed by atoms with Crippen LogP contribution in [0.4, 0.5) is 5.69 Å². The summed E-state index contributed by atoms with van der Waals surface area (Å²) in [5.41, 5.74) is 6.21. The number of fused-ring (bicyclic) bond motifs is 1. The second kappa shape index (κ2) is 9.21. The molecule has 0 aliphatic carbocycles. The van der Waals surface area contributed by atoms with E-state index in [-0.39, 0.29) is 6.04 Å². The molecule has 0 aliphatic heterocycles. The average Bonchev–Trinajstić information content (AvgIpc) is 3.15. The smallest absolute Gasteiger partial charge is 0.213 e. The van der Waals surface area contributed by atoms with Gasteiger partial charge in [0.05, 0.1) is 49.2 Å². The fourth-order valence-electron chi connectivity index (χ4n) is 3.65. The lowest BCUT2D eigenvalue weighted by Crippen LogP contribution is -2.08. The maximum Gasteiger partial charge on any atom is 0.213 e. The first-order chi connectivity index (χ1) is 15.5. The fraction of sp³-hybridized carbons (Fsp3) is 0.333. The molecule has 4 heterocycles. The van der Waals surface area contributed by atoms with Crippen LogP contribution in [0.1, 0.15) is 38.2 Å². The predicted molar refractivity (Wildman–Crippen MR) is 125 cm³/mol. The number of ether oxygens (including phenoxy) is 2. The van der Waals surface area contributed by atoms with Crippen molar-refractivity contribution in [3.63, 3.8) is 0 Å². The van der Waals surface area contributed by atoms with E-state index in [2.05, 4.69) is 29.1 Å². The molecular formula is C24H28N6O2. The molecule has 4 rings (SSSR count). The maximum absolute atomic E-state index is 5.80. The molecule has 0 spiro atoms. The van der Waals surface area contributed by atoms with Gasteiger partial charge >= 0.3 is 0 Å². The summed E-state index contributed by atoms with van der Waals surface area (Å²) in [5.74, 6) is 1.29. The first kappa shape index (κ1) is 21.5. The molecule has 32 heavy (non-hydrogen) atoms. The highest BCUT2D eigenvalue weighted by molar-refractivity contribution is 5.93. The van der Waals surface area contributed by atoms with Gasteiger partial charge in [-0.2, -0.15) is 5.10 Å². The van der Waals surface area contributed by atoms with Gasteiger partial charge in [-0.25, -0.2) is 9.97 Å². The number of hydrogen-bond donors (Lipinski definition) is 1. The quantitative estimate of drug-likeness (QED) is 0.428. The molecule has 0 atom stereocenters. The molecule has 8 heteroatoms.